The van der Waals surface area contributed by atoms with Crippen LogP contribution >= 0.6 is 0 Å². The maximum atomic E-state index is 11.3. The lowest BCUT2D eigenvalue weighted by molar-refractivity contribution is -0.0540. The van der Waals surface area contributed by atoms with E-state index in [0.717, 1.165) is 58.9 Å². The lowest BCUT2D eigenvalue weighted by atomic mass is 9.64. The Bertz CT molecular complexity index is 875. The van der Waals surface area contributed by atoms with E-state index in [-0.39, 0.29) is 12.5 Å². The van der Waals surface area contributed by atoms with Crippen LogP contribution < -0.4 is 9.16 Å². The molecule has 196 valence electrons. The molecule has 2 rings (SSSR count). The molecule has 0 heterocycles. The van der Waals surface area contributed by atoms with E-state index in [2.05, 4.69) is 60.3 Å². The second kappa shape index (κ2) is 12.6. The molecule has 1 unspecified atom stereocenters. The van der Waals surface area contributed by atoms with Crippen LogP contribution in [0.4, 0.5) is 0 Å². The maximum absolute atomic E-state index is 11.3. The van der Waals surface area contributed by atoms with Crippen LogP contribution in [-0.4, -0.2) is 35.0 Å². The van der Waals surface area contributed by atoms with Crippen molar-refractivity contribution in [2.75, 3.05) is 7.11 Å². The van der Waals surface area contributed by atoms with E-state index < -0.39 is 28.2 Å². The van der Waals surface area contributed by atoms with Crippen LogP contribution in [0.3, 0.4) is 0 Å². The fourth-order valence-corrected chi connectivity index (χ4v) is 11.2. The summed E-state index contributed by atoms with van der Waals surface area (Å²) >= 11 is 0. The standard InChI is InChI=1S/C28H47NO4Si2/c1-9-25(30)28(20-21-29)19-18-22-23(27(28)33-35(13-5,14-6)15-7)16-17-24(31-8)26(22)32-34(10-2,11-3)12-4/h9,16-17,25,27,30H,1,10-15,18-20H2,2-8H3/t25?,27-,28-/m0/s1. The molecule has 35 heavy (non-hydrogen) atoms. The summed E-state index contributed by atoms with van der Waals surface area (Å²) in [5.41, 5.74) is 1.43. The van der Waals surface area contributed by atoms with Crippen molar-refractivity contribution in [1.82, 2.24) is 0 Å². The predicted molar refractivity (Wildman–Crippen MR) is 149 cm³/mol. The summed E-state index contributed by atoms with van der Waals surface area (Å²) in [5, 5.41) is 21.1. The third-order valence-electron chi connectivity index (χ3n) is 8.90. The van der Waals surface area contributed by atoms with Gasteiger partial charge in [-0.05, 0) is 60.7 Å². The molecule has 1 aliphatic rings. The van der Waals surface area contributed by atoms with Gasteiger partial charge in [-0.15, -0.1) is 6.58 Å². The van der Waals surface area contributed by atoms with E-state index in [1.54, 1.807) is 13.2 Å². The summed E-state index contributed by atoms with van der Waals surface area (Å²) in [4.78, 5) is 0. The molecule has 7 heteroatoms. The smallest absolute Gasteiger partial charge is 0.250 e. The first-order valence-electron chi connectivity index (χ1n) is 13.5. The number of fused-ring (bicyclic) bond motifs is 1. The summed E-state index contributed by atoms with van der Waals surface area (Å²) < 4.78 is 19.9. The number of rotatable bonds is 14. The van der Waals surface area contributed by atoms with Gasteiger partial charge < -0.3 is 18.7 Å². The summed E-state index contributed by atoms with van der Waals surface area (Å²) in [6.45, 7) is 17.2. The Labute approximate surface area is 215 Å². The SMILES string of the molecule is C=CC(O)[C@@]1(CC#N)CCc2c(ccc(OC)c2O[Si](CC)(CC)CC)[C@@H]1O[Si](CC)(CC)CC. The van der Waals surface area contributed by atoms with Gasteiger partial charge in [-0.1, -0.05) is 53.7 Å². The van der Waals surface area contributed by atoms with Gasteiger partial charge in [-0.3, -0.25) is 0 Å². The van der Waals surface area contributed by atoms with E-state index in [0.29, 0.717) is 12.8 Å². The molecule has 1 aromatic carbocycles. The zero-order valence-electron chi connectivity index (χ0n) is 23.1. The molecule has 0 amide bonds. The molecule has 5 nitrogen and oxygen atoms in total. The van der Waals surface area contributed by atoms with Crippen molar-refractivity contribution < 1.29 is 18.7 Å². The lowest BCUT2D eigenvalue weighted by Gasteiger charge is -2.49. The molecule has 1 N–H and O–H groups in total. The van der Waals surface area contributed by atoms with E-state index in [1.807, 2.05) is 6.07 Å². The van der Waals surface area contributed by atoms with Crippen molar-refractivity contribution in [3.8, 4) is 17.6 Å². The molecular formula is C28H47NO4Si2. The molecule has 0 aliphatic heterocycles. The molecular weight excluding hydrogens is 470 g/mol. The molecule has 0 radical (unpaired) electrons. The number of nitrogens with zero attached hydrogens (tertiary/aromatic N) is 1. The van der Waals surface area contributed by atoms with Crippen LogP contribution in [-0.2, 0) is 10.8 Å². The van der Waals surface area contributed by atoms with Crippen molar-refractivity contribution in [3.05, 3.63) is 35.9 Å². The Morgan fingerprint density at radius 2 is 1.66 bits per heavy atom. The number of hydrogen-bond acceptors (Lipinski definition) is 5. The molecule has 0 saturated heterocycles. The Morgan fingerprint density at radius 3 is 2.11 bits per heavy atom. The average molecular weight is 518 g/mol. The number of methoxy groups -OCH3 is 1. The summed E-state index contributed by atoms with van der Waals surface area (Å²) in [6, 6.07) is 12.6. The van der Waals surface area contributed by atoms with Gasteiger partial charge in [-0.2, -0.15) is 5.26 Å². The van der Waals surface area contributed by atoms with Crippen LogP contribution in [0.1, 0.15) is 71.6 Å². The first kappa shape index (κ1) is 29.6. The second-order valence-corrected chi connectivity index (χ2v) is 19.4. The molecule has 3 atom stereocenters. The highest BCUT2D eigenvalue weighted by Gasteiger charge is 2.52. The van der Waals surface area contributed by atoms with Gasteiger partial charge in [0.05, 0.1) is 25.4 Å². The first-order valence-corrected chi connectivity index (χ1v) is 18.5. The maximum Gasteiger partial charge on any atom is 0.250 e. The van der Waals surface area contributed by atoms with Crippen LogP contribution in [0.15, 0.2) is 24.8 Å². The predicted octanol–water partition coefficient (Wildman–Crippen LogP) is 7.54. The fourth-order valence-electron chi connectivity index (χ4n) is 5.78. The second-order valence-electron chi connectivity index (χ2n) is 10.0. The normalized spacial score (nSPS) is 21.1. The first-order chi connectivity index (χ1) is 16.7. The summed E-state index contributed by atoms with van der Waals surface area (Å²) in [7, 11) is -2.34. The van der Waals surface area contributed by atoms with Gasteiger partial charge in [-0.25, -0.2) is 0 Å². The van der Waals surface area contributed by atoms with Gasteiger partial charge in [0.2, 0.25) is 0 Å². The molecule has 0 aromatic heterocycles. The van der Waals surface area contributed by atoms with Crippen LogP contribution in [0, 0.1) is 16.7 Å². The number of aliphatic hydroxyl groups excluding tert-OH is 1. The van der Waals surface area contributed by atoms with E-state index in [1.165, 1.54) is 0 Å². The van der Waals surface area contributed by atoms with Crippen molar-refractivity contribution in [3.63, 3.8) is 0 Å². The minimum absolute atomic E-state index is 0.214. The van der Waals surface area contributed by atoms with Crippen molar-refractivity contribution in [2.24, 2.45) is 5.41 Å². The largest absolute Gasteiger partial charge is 0.541 e. The number of ether oxygens (including phenoxy) is 1. The van der Waals surface area contributed by atoms with Crippen molar-refractivity contribution in [2.45, 2.75) is 109 Å². The third-order valence-corrected chi connectivity index (χ3v) is 18.0. The Hall–Kier alpha value is -1.60. The van der Waals surface area contributed by atoms with Gasteiger partial charge in [0.1, 0.15) is 5.75 Å². The Kier molecular flexibility index (Phi) is 10.6. The highest BCUT2D eigenvalue weighted by Crippen LogP contribution is 2.56. The summed E-state index contributed by atoms with van der Waals surface area (Å²) in [5.74, 6) is 1.61. The van der Waals surface area contributed by atoms with Crippen molar-refractivity contribution >= 4 is 16.6 Å². The van der Waals surface area contributed by atoms with E-state index in [4.69, 9.17) is 13.6 Å². The van der Waals surface area contributed by atoms with E-state index >= 15 is 0 Å². The molecule has 1 aromatic rings. The monoisotopic (exact) mass is 517 g/mol. The van der Waals surface area contributed by atoms with Crippen LogP contribution in [0.25, 0.3) is 0 Å². The highest BCUT2D eigenvalue weighted by atomic mass is 28.4. The number of nitriles is 1. The topological polar surface area (TPSA) is 71.7 Å². The lowest BCUT2D eigenvalue weighted by Crippen LogP contribution is -2.49. The molecule has 0 fully saturated rings. The quantitative estimate of drug-likeness (QED) is 0.204. The molecule has 0 spiro atoms. The molecule has 0 bridgehead atoms. The number of aliphatic hydroxyl groups is 1. The van der Waals surface area contributed by atoms with Crippen LogP contribution in [0.2, 0.25) is 36.3 Å². The highest BCUT2D eigenvalue weighted by molar-refractivity contribution is 6.74. The van der Waals surface area contributed by atoms with Crippen LogP contribution in [0.5, 0.6) is 11.5 Å². The zero-order valence-corrected chi connectivity index (χ0v) is 25.1. The van der Waals surface area contributed by atoms with Gasteiger partial charge in [0.25, 0.3) is 8.32 Å². The fraction of sp³-hybridized carbons (Fsp3) is 0.679. The Balaban J connectivity index is 2.81. The Morgan fingerprint density at radius 1 is 1.09 bits per heavy atom. The van der Waals surface area contributed by atoms with Crippen molar-refractivity contribution in [1.29, 1.82) is 5.26 Å². The van der Waals surface area contributed by atoms with E-state index in [9.17, 15) is 10.4 Å². The zero-order chi connectivity index (χ0) is 26.3. The molecule has 1 aliphatic carbocycles. The van der Waals surface area contributed by atoms with Gasteiger partial charge in [0, 0.05) is 17.4 Å². The number of benzene rings is 1. The average Bonchev–Trinajstić information content (AvgIpc) is 2.90. The molecule has 0 saturated carbocycles. The minimum atomic E-state index is -2.07. The number of hydrogen-bond donors (Lipinski definition) is 1. The third kappa shape index (κ3) is 5.56. The van der Waals surface area contributed by atoms with Gasteiger partial charge >= 0.3 is 0 Å². The van der Waals surface area contributed by atoms with Gasteiger partial charge in [0.15, 0.2) is 14.1 Å². The minimum Gasteiger partial charge on any atom is -0.541 e. The summed E-state index contributed by atoms with van der Waals surface area (Å²) in [6.07, 6.45) is 1.91.